The van der Waals surface area contributed by atoms with Crippen LogP contribution in [0.5, 0.6) is 0 Å². The molecule has 1 aliphatic heterocycles. The van der Waals surface area contributed by atoms with Crippen LogP contribution in [0.3, 0.4) is 0 Å². The number of benzene rings is 1. The van der Waals surface area contributed by atoms with Crippen molar-refractivity contribution in [1.29, 1.82) is 0 Å². The third-order valence-corrected chi connectivity index (χ3v) is 3.68. The van der Waals surface area contributed by atoms with Crippen LogP contribution in [0, 0.1) is 0 Å². The predicted octanol–water partition coefficient (Wildman–Crippen LogP) is 1.26. The zero-order chi connectivity index (χ0) is 14.7. The van der Waals surface area contributed by atoms with Crippen LogP contribution in [-0.4, -0.2) is 48.3 Å². The molecule has 0 aromatic heterocycles. The van der Waals surface area contributed by atoms with E-state index in [4.69, 9.17) is 5.73 Å². The Morgan fingerprint density at radius 1 is 1.29 bits per heavy atom. The van der Waals surface area contributed by atoms with Crippen LogP contribution in [0.2, 0.25) is 0 Å². The van der Waals surface area contributed by atoms with Crippen molar-refractivity contribution in [1.82, 2.24) is 9.80 Å². The molecule has 0 saturated carbocycles. The molecule has 21 heavy (non-hydrogen) atoms. The second kappa shape index (κ2) is 7.43. The lowest BCUT2D eigenvalue weighted by atomic mass is 10.1. The van der Waals surface area contributed by atoms with Gasteiger partial charge in [-0.1, -0.05) is 12.1 Å². The molecule has 1 aromatic carbocycles. The Balaban J connectivity index is 0.00000220. The van der Waals surface area contributed by atoms with Gasteiger partial charge in [-0.25, -0.2) is 0 Å². The smallest absolute Gasteiger partial charge is 0.254 e. The molecule has 1 fully saturated rings. The van der Waals surface area contributed by atoms with E-state index in [-0.39, 0.29) is 30.3 Å². The van der Waals surface area contributed by atoms with E-state index >= 15 is 0 Å². The summed E-state index contributed by atoms with van der Waals surface area (Å²) < 4.78 is 0. The van der Waals surface area contributed by atoms with Crippen LogP contribution < -0.4 is 5.73 Å². The van der Waals surface area contributed by atoms with Crippen molar-refractivity contribution in [3.05, 3.63) is 35.4 Å². The average molecular weight is 312 g/mol. The van der Waals surface area contributed by atoms with Crippen molar-refractivity contribution in [3.63, 3.8) is 0 Å². The maximum Gasteiger partial charge on any atom is 0.254 e. The maximum atomic E-state index is 12.5. The average Bonchev–Trinajstić information content (AvgIpc) is 2.94. The van der Waals surface area contributed by atoms with Crippen LogP contribution in [0.4, 0.5) is 0 Å². The summed E-state index contributed by atoms with van der Waals surface area (Å²) in [6.45, 7) is 1.10. The number of amides is 2. The van der Waals surface area contributed by atoms with Crippen LogP contribution in [0.15, 0.2) is 24.3 Å². The second-order valence-corrected chi connectivity index (χ2v) is 5.29. The first kappa shape index (κ1) is 17.5. The summed E-state index contributed by atoms with van der Waals surface area (Å²) in [6.07, 6.45) is 1.61. The van der Waals surface area contributed by atoms with Gasteiger partial charge >= 0.3 is 0 Å². The number of rotatable bonds is 3. The molecular weight excluding hydrogens is 290 g/mol. The highest BCUT2D eigenvalue weighted by Crippen LogP contribution is 2.21. The van der Waals surface area contributed by atoms with Gasteiger partial charge in [0.2, 0.25) is 5.91 Å². The monoisotopic (exact) mass is 311 g/mol. The Morgan fingerprint density at radius 2 is 1.90 bits per heavy atom. The summed E-state index contributed by atoms with van der Waals surface area (Å²) >= 11 is 0. The molecule has 1 aromatic rings. The number of nitrogens with two attached hydrogens (primary N) is 1. The van der Waals surface area contributed by atoms with Gasteiger partial charge in [0.05, 0.1) is 0 Å². The third-order valence-electron chi connectivity index (χ3n) is 3.68. The van der Waals surface area contributed by atoms with E-state index in [0.29, 0.717) is 18.7 Å². The van der Waals surface area contributed by atoms with E-state index in [9.17, 15) is 9.59 Å². The van der Waals surface area contributed by atoms with Crippen molar-refractivity contribution >= 4 is 24.2 Å². The number of likely N-dealkylation sites (tertiary alicyclic amines) is 1. The molecule has 6 heteroatoms. The molecule has 2 rings (SSSR count). The molecule has 5 nitrogen and oxygen atoms in total. The van der Waals surface area contributed by atoms with E-state index < -0.39 is 0 Å². The van der Waals surface area contributed by atoms with Crippen molar-refractivity contribution in [2.75, 3.05) is 20.6 Å². The number of hydrogen-bond acceptors (Lipinski definition) is 3. The molecule has 1 saturated heterocycles. The van der Waals surface area contributed by atoms with Gasteiger partial charge in [-0.05, 0) is 30.5 Å². The topological polar surface area (TPSA) is 66.6 Å². The molecular formula is C15H22ClN3O2. The lowest BCUT2D eigenvalue weighted by Crippen LogP contribution is -2.45. The highest BCUT2D eigenvalue weighted by Gasteiger charge is 2.35. The summed E-state index contributed by atoms with van der Waals surface area (Å²) in [5, 5.41) is 0. The first-order chi connectivity index (χ1) is 9.54. The SMILES string of the molecule is CN(C)C(=O)C1CCCN1C(=O)c1ccc(CN)cc1.Cl. The van der Waals surface area contributed by atoms with Crippen molar-refractivity contribution < 1.29 is 9.59 Å². The molecule has 0 bridgehead atoms. The molecule has 0 spiro atoms. The molecule has 0 radical (unpaired) electrons. The molecule has 2 N–H and O–H groups in total. The second-order valence-electron chi connectivity index (χ2n) is 5.29. The number of carbonyl (C=O) groups excluding carboxylic acids is 2. The number of likely N-dealkylation sites (N-methyl/N-ethyl adjacent to an activating group) is 1. The summed E-state index contributed by atoms with van der Waals surface area (Å²) in [5.74, 6) is -0.0827. The Morgan fingerprint density at radius 3 is 2.43 bits per heavy atom. The van der Waals surface area contributed by atoms with Crippen LogP contribution in [0.1, 0.15) is 28.8 Å². The maximum absolute atomic E-state index is 12.5. The minimum Gasteiger partial charge on any atom is -0.347 e. The van der Waals surface area contributed by atoms with Crippen molar-refractivity contribution in [2.45, 2.75) is 25.4 Å². The van der Waals surface area contributed by atoms with Gasteiger partial charge < -0.3 is 15.5 Å². The number of hydrogen-bond donors (Lipinski definition) is 1. The highest BCUT2D eigenvalue weighted by molar-refractivity contribution is 5.97. The molecule has 1 unspecified atom stereocenters. The fourth-order valence-corrected chi connectivity index (χ4v) is 2.51. The van der Waals surface area contributed by atoms with E-state index in [1.54, 1.807) is 36.0 Å². The van der Waals surface area contributed by atoms with Gasteiger partial charge in [0, 0.05) is 32.7 Å². The minimum absolute atomic E-state index is 0. The number of halogens is 1. The highest BCUT2D eigenvalue weighted by atomic mass is 35.5. The van der Waals surface area contributed by atoms with Gasteiger partial charge in [0.25, 0.3) is 5.91 Å². The fraction of sp³-hybridized carbons (Fsp3) is 0.467. The van der Waals surface area contributed by atoms with E-state index in [2.05, 4.69) is 0 Å². The summed E-state index contributed by atoms with van der Waals surface area (Å²) in [5.41, 5.74) is 7.15. The van der Waals surface area contributed by atoms with Gasteiger partial charge in [-0.3, -0.25) is 9.59 Å². The minimum atomic E-state index is -0.327. The van der Waals surface area contributed by atoms with Crippen LogP contribution in [-0.2, 0) is 11.3 Å². The lowest BCUT2D eigenvalue weighted by Gasteiger charge is -2.26. The van der Waals surface area contributed by atoms with E-state index in [1.165, 1.54) is 0 Å². The summed E-state index contributed by atoms with van der Waals surface area (Å²) in [6, 6.07) is 6.94. The zero-order valence-electron chi connectivity index (χ0n) is 12.4. The first-order valence-corrected chi connectivity index (χ1v) is 6.85. The van der Waals surface area contributed by atoms with Crippen molar-refractivity contribution in [3.8, 4) is 0 Å². The Hall–Kier alpha value is -1.59. The van der Waals surface area contributed by atoms with Crippen molar-refractivity contribution in [2.24, 2.45) is 5.73 Å². The van der Waals surface area contributed by atoms with Gasteiger partial charge in [0.15, 0.2) is 0 Å². The fourth-order valence-electron chi connectivity index (χ4n) is 2.51. The molecule has 1 atom stereocenters. The lowest BCUT2D eigenvalue weighted by molar-refractivity contribution is -0.132. The van der Waals surface area contributed by atoms with E-state index in [1.807, 2.05) is 12.1 Å². The normalized spacial score (nSPS) is 17.3. The van der Waals surface area contributed by atoms with E-state index in [0.717, 1.165) is 18.4 Å². The third kappa shape index (κ3) is 3.74. The Kier molecular flexibility index (Phi) is 6.18. The number of nitrogens with zero attached hydrogens (tertiary/aromatic N) is 2. The zero-order valence-corrected chi connectivity index (χ0v) is 13.2. The molecule has 0 aliphatic carbocycles. The van der Waals surface area contributed by atoms with Gasteiger partial charge in [-0.15, -0.1) is 12.4 Å². The van der Waals surface area contributed by atoms with Gasteiger partial charge in [-0.2, -0.15) is 0 Å². The first-order valence-electron chi connectivity index (χ1n) is 6.85. The largest absolute Gasteiger partial charge is 0.347 e. The molecule has 1 aliphatic rings. The molecule has 1 heterocycles. The van der Waals surface area contributed by atoms with Gasteiger partial charge in [0.1, 0.15) is 6.04 Å². The quantitative estimate of drug-likeness (QED) is 0.914. The van der Waals surface area contributed by atoms with Crippen LogP contribution in [0.25, 0.3) is 0 Å². The number of carbonyl (C=O) groups is 2. The predicted molar refractivity (Wildman–Crippen MR) is 84.3 cm³/mol. The Labute approximate surface area is 131 Å². The molecule has 116 valence electrons. The standard InChI is InChI=1S/C15H21N3O2.ClH/c1-17(2)15(20)13-4-3-9-18(13)14(19)12-7-5-11(10-16)6-8-12;/h5-8,13H,3-4,9-10,16H2,1-2H3;1H. The molecule has 2 amide bonds. The van der Waals surface area contributed by atoms with Crippen LogP contribution >= 0.6 is 12.4 Å². The summed E-state index contributed by atoms with van der Waals surface area (Å²) in [4.78, 5) is 27.8. The summed E-state index contributed by atoms with van der Waals surface area (Å²) in [7, 11) is 3.44. The Bertz CT molecular complexity index is 502.